The third-order valence-electron chi connectivity index (χ3n) is 3.64. The summed E-state index contributed by atoms with van der Waals surface area (Å²) in [6.07, 6.45) is -1.93. The van der Waals surface area contributed by atoms with E-state index in [1.165, 1.54) is 0 Å². The highest BCUT2D eigenvalue weighted by atomic mass is 19.1. The molecule has 0 aliphatic heterocycles. The normalized spacial score (nSPS) is 12.9. The number of pyridine rings is 1. The van der Waals surface area contributed by atoms with Crippen LogP contribution in [0.2, 0.25) is 0 Å². The van der Waals surface area contributed by atoms with Crippen LogP contribution in [0.5, 0.6) is 0 Å². The SMILES string of the molecule is O=Cc1cc(C(O)C(O)CCNC(=O)OCc2ccccc2)cnc1F. The highest BCUT2D eigenvalue weighted by molar-refractivity contribution is 5.74. The second-order valence-electron chi connectivity index (χ2n) is 5.56. The zero-order chi connectivity index (χ0) is 18.9. The maximum atomic E-state index is 13.2. The zero-order valence-corrected chi connectivity index (χ0v) is 13.8. The lowest BCUT2D eigenvalue weighted by molar-refractivity contribution is 0.0133. The molecule has 0 spiro atoms. The number of carbonyl (C=O) groups excluding carboxylic acids is 2. The van der Waals surface area contributed by atoms with Crippen molar-refractivity contribution in [2.24, 2.45) is 0 Å². The summed E-state index contributed by atoms with van der Waals surface area (Å²) in [6, 6.07) is 10.3. The van der Waals surface area contributed by atoms with Crippen LogP contribution in [0.4, 0.5) is 9.18 Å². The molecule has 0 bridgehead atoms. The van der Waals surface area contributed by atoms with E-state index in [4.69, 9.17) is 4.74 Å². The van der Waals surface area contributed by atoms with Crippen molar-refractivity contribution in [3.63, 3.8) is 0 Å². The summed E-state index contributed by atoms with van der Waals surface area (Å²) in [5.74, 6) is -0.951. The first kappa shape index (κ1) is 19.5. The van der Waals surface area contributed by atoms with E-state index in [-0.39, 0.29) is 37.0 Å². The molecule has 7 nitrogen and oxygen atoms in total. The average Bonchev–Trinajstić information content (AvgIpc) is 2.67. The molecule has 0 aliphatic rings. The van der Waals surface area contributed by atoms with Gasteiger partial charge in [-0.05, 0) is 18.1 Å². The van der Waals surface area contributed by atoms with Gasteiger partial charge < -0.3 is 20.3 Å². The van der Waals surface area contributed by atoms with Crippen LogP contribution in [0.1, 0.15) is 34.0 Å². The van der Waals surface area contributed by atoms with E-state index in [0.29, 0.717) is 0 Å². The summed E-state index contributed by atoms with van der Waals surface area (Å²) in [5.41, 5.74) is 0.636. The van der Waals surface area contributed by atoms with E-state index in [2.05, 4.69) is 10.3 Å². The molecule has 2 unspecified atom stereocenters. The first-order valence-corrected chi connectivity index (χ1v) is 7.92. The van der Waals surface area contributed by atoms with Crippen LogP contribution in [0, 0.1) is 5.95 Å². The molecule has 0 radical (unpaired) electrons. The average molecular weight is 362 g/mol. The summed E-state index contributed by atoms with van der Waals surface area (Å²) < 4.78 is 18.2. The van der Waals surface area contributed by atoms with Crippen LogP contribution in [0.25, 0.3) is 0 Å². The lowest BCUT2D eigenvalue weighted by Crippen LogP contribution is -2.29. The summed E-state index contributed by atoms with van der Waals surface area (Å²) >= 11 is 0. The number of aliphatic hydroxyl groups is 2. The standard InChI is InChI=1S/C18H19FN2O5/c19-17-14(10-22)8-13(9-21-17)16(24)15(23)6-7-20-18(25)26-11-12-4-2-1-3-5-12/h1-5,8-10,15-16,23-24H,6-7,11H2,(H,20,25). The highest BCUT2D eigenvalue weighted by Gasteiger charge is 2.20. The second kappa shape index (κ2) is 9.59. The molecule has 0 aliphatic carbocycles. The lowest BCUT2D eigenvalue weighted by atomic mass is 10.0. The van der Waals surface area contributed by atoms with Gasteiger partial charge >= 0.3 is 6.09 Å². The van der Waals surface area contributed by atoms with Crippen LogP contribution in [0.3, 0.4) is 0 Å². The highest BCUT2D eigenvalue weighted by Crippen LogP contribution is 2.19. The minimum absolute atomic E-state index is 0.0232. The number of nitrogens with one attached hydrogen (secondary N) is 1. The van der Waals surface area contributed by atoms with E-state index >= 15 is 0 Å². The number of hydrogen-bond donors (Lipinski definition) is 3. The van der Waals surface area contributed by atoms with Crippen molar-refractivity contribution in [3.8, 4) is 0 Å². The zero-order valence-electron chi connectivity index (χ0n) is 13.8. The van der Waals surface area contributed by atoms with Gasteiger partial charge in [0.15, 0.2) is 6.29 Å². The van der Waals surface area contributed by atoms with Crippen molar-refractivity contribution in [1.29, 1.82) is 0 Å². The Morgan fingerprint density at radius 1 is 1.31 bits per heavy atom. The first-order valence-electron chi connectivity index (χ1n) is 7.92. The predicted molar refractivity (Wildman–Crippen MR) is 89.8 cm³/mol. The number of ether oxygens (including phenoxy) is 1. The topological polar surface area (TPSA) is 109 Å². The van der Waals surface area contributed by atoms with Gasteiger partial charge in [0.2, 0.25) is 5.95 Å². The van der Waals surface area contributed by atoms with E-state index in [0.717, 1.165) is 17.8 Å². The van der Waals surface area contributed by atoms with Crippen LogP contribution in [-0.4, -0.2) is 40.2 Å². The molecule has 138 valence electrons. The van der Waals surface area contributed by atoms with Crippen molar-refractivity contribution in [2.75, 3.05) is 6.54 Å². The monoisotopic (exact) mass is 362 g/mol. The molecule has 26 heavy (non-hydrogen) atoms. The van der Waals surface area contributed by atoms with Gasteiger partial charge in [0.1, 0.15) is 12.7 Å². The number of halogens is 1. The Labute approximate surface area is 149 Å². The molecule has 1 heterocycles. The van der Waals surface area contributed by atoms with Gasteiger partial charge in [0, 0.05) is 18.3 Å². The third kappa shape index (κ3) is 5.61. The Hall–Kier alpha value is -2.84. The second-order valence-corrected chi connectivity index (χ2v) is 5.56. The Bertz CT molecular complexity index is 742. The maximum Gasteiger partial charge on any atom is 0.407 e. The predicted octanol–water partition coefficient (Wildman–Crippen LogP) is 1.74. The molecule has 2 rings (SSSR count). The van der Waals surface area contributed by atoms with Gasteiger partial charge in [-0.25, -0.2) is 9.78 Å². The molecular weight excluding hydrogens is 343 g/mol. The Morgan fingerprint density at radius 3 is 2.73 bits per heavy atom. The quantitative estimate of drug-likeness (QED) is 0.488. The number of amides is 1. The molecule has 0 saturated carbocycles. The molecule has 1 aromatic carbocycles. The van der Waals surface area contributed by atoms with Crippen LogP contribution in [0.15, 0.2) is 42.6 Å². The van der Waals surface area contributed by atoms with Crippen molar-refractivity contribution in [2.45, 2.75) is 25.2 Å². The van der Waals surface area contributed by atoms with Gasteiger partial charge in [-0.2, -0.15) is 4.39 Å². The van der Waals surface area contributed by atoms with E-state index in [1.807, 2.05) is 30.3 Å². The number of aromatic nitrogens is 1. The molecular formula is C18H19FN2O5. The fourth-order valence-corrected chi connectivity index (χ4v) is 2.20. The molecule has 1 aromatic heterocycles. The number of benzene rings is 1. The van der Waals surface area contributed by atoms with Crippen LogP contribution in [-0.2, 0) is 11.3 Å². The van der Waals surface area contributed by atoms with Gasteiger partial charge in [0.05, 0.1) is 11.7 Å². The minimum atomic E-state index is -1.37. The van der Waals surface area contributed by atoms with Crippen molar-refractivity contribution >= 4 is 12.4 Å². The van der Waals surface area contributed by atoms with Crippen molar-refractivity contribution in [1.82, 2.24) is 10.3 Å². The molecule has 0 fully saturated rings. The Balaban J connectivity index is 1.76. The molecule has 1 amide bonds. The van der Waals surface area contributed by atoms with Crippen LogP contribution >= 0.6 is 0 Å². The summed E-state index contributed by atoms with van der Waals surface area (Å²) in [5, 5.41) is 22.5. The van der Waals surface area contributed by atoms with E-state index in [1.54, 1.807) is 0 Å². The summed E-state index contributed by atoms with van der Waals surface area (Å²) in [7, 11) is 0. The largest absolute Gasteiger partial charge is 0.445 e. The van der Waals surface area contributed by atoms with E-state index < -0.39 is 24.2 Å². The summed E-state index contributed by atoms with van der Waals surface area (Å²) in [4.78, 5) is 25.6. The Morgan fingerprint density at radius 2 is 2.04 bits per heavy atom. The minimum Gasteiger partial charge on any atom is -0.445 e. The van der Waals surface area contributed by atoms with Crippen molar-refractivity contribution < 1.29 is 28.9 Å². The number of alkyl carbamates (subject to hydrolysis) is 1. The fraction of sp³-hybridized carbons (Fsp3) is 0.278. The smallest absolute Gasteiger partial charge is 0.407 e. The number of aliphatic hydroxyl groups excluding tert-OH is 2. The molecule has 8 heteroatoms. The Kier molecular flexibility index (Phi) is 7.19. The van der Waals surface area contributed by atoms with Gasteiger partial charge in [0.25, 0.3) is 0 Å². The lowest BCUT2D eigenvalue weighted by Gasteiger charge is -2.18. The number of carbonyl (C=O) groups is 2. The molecule has 2 aromatic rings. The number of hydrogen-bond acceptors (Lipinski definition) is 6. The molecule has 0 saturated heterocycles. The third-order valence-corrected chi connectivity index (χ3v) is 3.64. The van der Waals surface area contributed by atoms with Gasteiger partial charge in [-0.1, -0.05) is 30.3 Å². The molecule has 3 N–H and O–H groups in total. The number of aldehydes is 1. The summed E-state index contributed by atoms with van der Waals surface area (Å²) in [6.45, 7) is 0.175. The maximum absolute atomic E-state index is 13.2. The molecule has 2 atom stereocenters. The van der Waals surface area contributed by atoms with E-state index in [9.17, 15) is 24.2 Å². The van der Waals surface area contributed by atoms with Crippen molar-refractivity contribution in [3.05, 3.63) is 65.2 Å². The fourth-order valence-electron chi connectivity index (χ4n) is 2.20. The number of rotatable bonds is 8. The van der Waals surface area contributed by atoms with Gasteiger partial charge in [-0.3, -0.25) is 4.79 Å². The van der Waals surface area contributed by atoms with Gasteiger partial charge in [-0.15, -0.1) is 0 Å². The van der Waals surface area contributed by atoms with Crippen LogP contribution < -0.4 is 5.32 Å². The first-order chi connectivity index (χ1) is 12.5. The number of nitrogens with zero attached hydrogens (tertiary/aromatic N) is 1.